The van der Waals surface area contributed by atoms with Gasteiger partial charge in [0.15, 0.2) is 0 Å². The minimum atomic E-state index is 0.0688. The van der Waals surface area contributed by atoms with Crippen LogP contribution in [0.15, 0.2) is 66.9 Å². The first kappa shape index (κ1) is 19.9. The van der Waals surface area contributed by atoms with E-state index in [1.807, 2.05) is 17.5 Å². The van der Waals surface area contributed by atoms with Crippen molar-refractivity contribution >= 4 is 42.3 Å². The number of benzene rings is 3. The third-order valence-corrected chi connectivity index (χ3v) is 8.46. The van der Waals surface area contributed by atoms with Crippen LogP contribution in [-0.4, -0.2) is 4.98 Å². The Balaban J connectivity index is 1.63. The molecule has 5 aromatic rings. The fourth-order valence-corrected chi connectivity index (χ4v) is 6.98. The van der Waals surface area contributed by atoms with Crippen molar-refractivity contribution in [1.82, 2.24) is 4.98 Å². The van der Waals surface area contributed by atoms with Gasteiger partial charge in [0.2, 0.25) is 0 Å². The minimum absolute atomic E-state index is 0.0688. The molecule has 0 aliphatic heterocycles. The summed E-state index contributed by atoms with van der Waals surface area (Å²) in [6, 6.07) is 22.6. The van der Waals surface area contributed by atoms with Gasteiger partial charge in [-0.25, -0.2) is 0 Å². The molecule has 0 atom stereocenters. The number of thiophene rings is 1. The topological polar surface area (TPSA) is 12.9 Å². The summed E-state index contributed by atoms with van der Waals surface area (Å²) in [5.74, 6) is 0.719. The molecule has 1 aliphatic carbocycles. The molecule has 0 saturated heterocycles. The number of hydrogen-bond acceptors (Lipinski definition) is 2. The van der Waals surface area contributed by atoms with Crippen LogP contribution in [0.3, 0.4) is 0 Å². The van der Waals surface area contributed by atoms with Gasteiger partial charge in [-0.15, -0.1) is 11.3 Å². The van der Waals surface area contributed by atoms with E-state index in [1.54, 1.807) is 5.56 Å². The lowest BCUT2D eigenvalue weighted by Crippen LogP contribution is -2.12. The number of fused-ring (bicyclic) bond motifs is 4. The Bertz CT molecular complexity index is 1460. The molecule has 0 N–H and O–H groups in total. The number of hydrogen-bond donors (Lipinski definition) is 0. The normalized spacial score (nSPS) is 15.3. The third-order valence-electron chi connectivity index (χ3n) is 7.18. The van der Waals surface area contributed by atoms with Gasteiger partial charge in [-0.3, -0.25) is 4.98 Å². The first-order valence-corrected chi connectivity index (χ1v) is 12.7. The quantitative estimate of drug-likeness (QED) is 0.269. The largest absolute Gasteiger partial charge is 0.255 e. The molecule has 0 amide bonds. The molecule has 2 heterocycles. The molecular weight excluding hydrogens is 406 g/mol. The molecular formula is C30H29NS. The monoisotopic (exact) mass is 435 g/mol. The maximum absolute atomic E-state index is 4.94. The third kappa shape index (κ3) is 3.16. The first-order chi connectivity index (χ1) is 15.5. The van der Waals surface area contributed by atoms with Crippen LogP contribution in [0.2, 0.25) is 0 Å². The van der Waals surface area contributed by atoms with Crippen molar-refractivity contribution in [2.45, 2.75) is 57.8 Å². The summed E-state index contributed by atoms with van der Waals surface area (Å²) < 4.78 is 2.79. The van der Waals surface area contributed by atoms with Gasteiger partial charge in [0.25, 0.3) is 0 Å². The van der Waals surface area contributed by atoms with Crippen molar-refractivity contribution in [3.63, 3.8) is 0 Å². The molecule has 1 nitrogen and oxygen atoms in total. The summed E-state index contributed by atoms with van der Waals surface area (Å²) in [7, 11) is 0. The van der Waals surface area contributed by atoms with Crippen molar-refractivity contribution in [3.05, 3.63) is 78.0 Å². The van der Waals surface area contributed by atoms with E-state index in [0.29, 0.717) is 0 Å². The van der Waals surface area contributed by atoms with Gasteiger partial charge >= 0.3 is 0 Å². The molecule has 1 saturated carbocycles. The second-order valence-corrected chi connectivity index (χ2v) is 11.4. The Kier molecular flexibility index (Phi) is 4.62. The molecule has 160 valence electrons. The van der Waals surface area contributed by atoms with Crippen molar-refractivity contribution in [1.29, 1.82) is 0 Å². The lowest BCUT2D eigenvalue weighted by molar-refractivity contribution is 0.596. The highest BCUT2D eigenvalue weighted by atomic mass is 32.1. The van der Waals surface area contributed by atoms with Crippen LogP contribution in [0.5, 0.6) is 0 Å². The van der Waals surface area contributed by atoms with Crippen LogP contribution in [-0.2, 0) is 5.41 Å². The van der Waals surface area contributed by atoms with E-state index >= 15 is 0 Å². The second-order valence-electron chi connectivity index (χ2n) is 10.3. The molecule has 6 rings (SSSR count). The Morgan fingerprint density at radius 2 is 1.56 bits per heavy atom. The van der Waals surface area contributed by atoms with Gasteiger partial charge in [-0.2, -0.15) is 0 Å². The lowest BCUT2D eigenvalue weighted by atomic mass is 9.82. The minimum Gasteiger partial charge on any atom is -0.255 e. The summed E-state index contributed by atoms with van der Waals surface area (Å²) in [4.78, 5) is 4.94. The van der Waals surface area contributed by atoms with Crippen molar-refractivity contribution in [3.8, 4) is 11.3 Å². The van der Waals surface area contributed by atoms with Crippen molar-refractivity contribution < 1.29 is 0 Å². The second kappa shape index (κ2) is 7.42. The van der Waals surface area contributed by atoms with Crippen LogP contribution < -0.4 is 0 Å². The van der Waals surface area contributed by atoms with Gasteiger partial charge < -0.3 is 0 Å². The average Bonchev–Trinajstić information content (AvgIpc) is 3.45. The predicted molar refractivity (Wildman–Crippen MR) is 140 cm³/mol. The SMILES string of the molecule is CC(C)(C)c1cc(-c2nccc3c2sc2c(C4CCCC4)cccc23)cc2ccccc12. The number of rotatable bonds is 2. The maximum Gasteiger partial charge on any atom is 0.0880 e. The Morgan fingerprint density at radius 1 is 0.812 bits per heavy atom. The van der Waals surface area contributed by atoms with E-state index in [-0.39, 0.29) is 5.41 Å². The summed E-state index contributed by atoms with van der Waals surface area (Å²) in [6.45, 7) is 6.92. The van der Waals surface area contributed by atoms with Crippen LogP contribution >= 0.6 is 11.3 Å². The number of nitrogens with zero attached hydrogens (tertiary/aromatic N) is 1. The van der Waals surface area contributed by atoms with Gasteiger partial charge in [-0.1, -0.05) is 76.1 Å². The van der Waals surface area contributed by atoms with E-state index < -0.39 is 0 Å². The fourth-order valence-electron chi connectivity index (χ4n) is 5.58. The molecule has 0 unspecified atom stereocenters. The van der Waals surface area contributed by atoms with E-state index in [4.69, 9.17) is 4.98 Å². The Labute approximate surface area is 194 Å². The molecule has 0 bridgehead atoms. The van der Waals surface area contributed by atoms with Crippen LogP contribution in [0.25, 0.3) is 42.2 Å². The molecule has 32 heavy (non-hydrogen) atoms. The van der Waals surface area contributed by atoms with Gasteiger partial charge in [0.1, 0.15) is 0 Å². The molecule has 3 aromatic carbocycles. The molecule has 0 spiro atoms. The van der Waals surface area contributed by atoms with Crippen molar-refractivity contribution in [2.75, 3.05) is 0 Å². The zero-order valence-corrected chi connectivity index (χ0v) is 19.9. The van der Waals surface area contributed by atoms with Gasteiger partial charge in [0, 0.05) is 27.2 Å². The zero-order chi connectivity index (χ0) is 21.9. The van der Waals surface area contributed by atoms with Crippen molar-refractivity contribution in [2.24, 2.45) is 0 Å². The molecule has 1 fully saturated rings. The highest BCUT2D eigenvalue weighted by Gasteiger charge is 2.23. The maximum atomic E-state index is 4.94. The van der Waals surface area contributed by atoms with Crippen LogP contribution in [0.4, 0.5) is 0 Å². The zero-order valence-electron chi connectivity index (χ0n) is 19.1. The highest BCUT2D eigenvalue weighted by molar-refractivity contribution is 7.26. The predicted octanol–water partition coefficient (Wildman–Crippen LogP) is 9.22. The van der Waals surface area contributed by atoms with Gasteiger partial charge in [-0.05, 0) is 64.3 Å². The summed E-state index contributed by atoms with van der Waals surface area (Å²) in [5, 5.41) is 5.38. The standard InChI is InChI=1S/C30H29NS/c1-30(2,3)26-18-21(17-20-11-6-7-12-22(20)26)27-29-25(15-16-31-27)24-14-8-13-23(28(24)32-29)19-9-4-5-10-19/h6-8,11-19H,4-5,9-10H2,1-3H3. The lowest BCUT2D eigenvalue weighted by Gasteiger charge is -2.22. The highest BCUT2D eigenvalue weighted by Crippen LogP contribution is 2.45. The summed E-state index contributed by atoms with van der Waals surface area (Å²) in [6.07, 6.45) is 7.39. The van der Waals surface area contributed by atoms with Crippen LogP contribution in [0, 0.1) is 0 Å². The number of aromatic nitrogens is 1. The van der Waals surface area contributed by atoms with E-state index in [2.05, 4.69) is 81.4 Å². The van der Waals surface area contributed by atoms with E-state index in [0.717, 1.165) is 11.6 Å². The van der Waals surface area contributed by atoms with E-state index in [9.17, 15) is 0 Å². The first-order valence-electron chi connectivity index (χ1n) is 11.8. The molecule has 0 radical (unpaired) electrons. The smallest absolute Gasteiger partial charge is 0.0880 e. The fraction of sp³-hybridized carbons (Fsp3) is 0.300. The van der Waals surface area contributed by atoms with Crippen LogP contribution in [0.1, 0.15) is 63.5 Å². The van der Waals surface area contributed by atoms with E-state index in [1.165, 1.54) is 67.8 Å². The summed E-state index contributed by atoms with van der Waals surface area (Å²) in [5.41, 5.74) is 5.36. The molecule has 2 heteroatoms. The van der Waals surface area contributed by atoms with Gasteiger partial charge in [0.05, 0.1) is 10.4 Å². The molecule has 1 aliphatic rings. The molecule has 2 aromatic heterocycles. The summed E-state index contributed by atoms with van der Waals surface area (Å²) >= 11 is 1.95. The average molecular weight is 436 g/mol. The number of pyridine rings is 1. The Hall–Kier alpha value is -2.71. The Morgan fingerprint density at radius 3 is 2.38 bits per heavy atom.